The van der Waals surface area contributed by atoms with Crippen molar-refractivity contribution in [3.63, 3.8) is 0 Å². The summed E-state index contributed by atoms with van der Waals surface area (Å²) < 4.78 is 5.28. The standard InChI is InChI=1S/C13H17NO4/c1-3-18-10-6-4-9(5-7-10)11(13(16)17)8-12(15)14-2/h4-7,11H,3,8H2,1-2H3,(H,14,15)(H,16,17). The highest BCUT2D eigenvalue weighted by Gasteiger charge is 2.22. The zero-order valence-corrected chi connectivity index (χ0v) is 10.5. The third kappa shape index (κ3) is 3.76. The molecule has 1 atom stereocenters. The second kappa shape index (κ2) is 6.64. The number of carboxylic acid groups (broad SMARTS) is 1. The summed E-state index contributed by atoms with van der Waals surface area (Å²) in [6.07, 6.45) is -0.0696. The molecule has 0 saturated heterocycles. The van der Waals surface area contributed by atoms with Crippen LogP contribution < -0.4 is 10.1 Å². The summed E-state index contributed by atoms with van der Waals surface area (Å²) in [5, 5.41) is 11.6. The van der Waals surface area contributed by atoms with Crippen LogP contribution in [0.4, 0.5) is 0 Å². The number of nitrogens with one attached hydrogen (secondary N) is 1. The van der Waals surface area contributed by atoms with Crippen molar-refractivity contribution in [2.24, 2.45) is 0 Å². The van der Waals surface area contributed by atoms with E-state index in [1.807, 2.05) is 6.92 Å². The van der Waals surface area contributed by atoms with E-state index in [1.165, 1.54) is 7.05 Å². The minimum atomic E-state index is -1.01. The summed E-state index contributed by atoms with van der Waals surface area (Å²) in [6, 6.07) is 6.76. The molecular weight excluding hydrogens is 234 g/mol. The molecule has 1 rings (SSSR count). The van der Waals surface area contributed by atoms with Crippen molar-refractivity contribution in [1.82, 2.24) is 5.32 Å². The molecule has 0 fully saturated rings. The lowest BCUT2D eigenvalue weighted by Crippen LogP contribution is -2.24. The number of rotatable bonds is 6. The molecule has 18 heavy (non-hydrogen) atoms. The Hall–Kier alpha value is -2.04. The van der Waals surface area contributed by atoms with Crippen molar-refractivity contribution in [2.75, 3.05) is 13.7 Å². The fourth-order valence-corrected chi connectivity index (χ4v) is 1.60. The summed E-state index contributed by atoms with van der Waals surface area (Å²) in [4.78, 5) is 22.4. The van der Waals surface area contributed by atoms with Gasteiger partial charge in [0, 0.05) is 13.5 Å². The summed E-state index contributed by atoms with van der Waals surface area (Å²) >= 11 is 0. The largest absolute Gasteiger partial charge is 0.494 e. The molecule has 0 spiro atoms. The molecule has 0 aromatic heterocycles. The van der Waals surface area contributed by atoms with Gasteiger partial charge < -0.3 is 15.2 Å². The van der Waals surface area contributed by atoms with Gasteiger partial charge in [-0.1, -0.05) is 12.1 Å². The molecule has 1 unspecified atom stereocenters. The highest BCUT2D eigenvalue weighted by molar-refractivity contribution is 5.85. The van der Waals surface area contributed by atoms with Gasteiger partial charge in [-0.15, -0.1) is 0 Å². The zero-order chi connectivity index (χ0) is 13.5. The van der Waals surface area contributed by atoms with Crippen LogP contribution in [0.5, 0.6) is 5.75 Å². The summed E-state index contributed by atoms with van der Waals surface area (Å²) in [6.45, 7) is 2.43. The van der Waals surface area contributed by atoms with Crippen LogP contribution in [0.3, 0.4) is 0 Å². The van der Waals surface area contributed by atoms with E-state index in [0.717, 1.165) is 0 Å². The monoisotopic (exact) mass is 251 g/mol. The highest BCUT2D eigenvalue weighted by atomic mass is 16.5. The average Bonchev–Trinajstić information content (AvgIpc) is 2.37. The molecule has 0 aliphatic carbocycles. The van der Waals surface area contributed by atoms with Gasteiger partial charge in [0.1, 0.15) is 5.75 Å². The SMILES string of the molecule is CCOc1ccc(C(CC(=O)NC)C(=O)O)cc1. The number of aliphatic carboxylic acids is 1. The lowest BCUT2D eigenvalue weighted by Gasteiger charge is -2.12. The molecule has 2 N–H and O–H groups in total. The molecule has 1 aromatic carbocycles. The van der Waals surface area contributed by atoms with Gasteiger partial charge in [-0.2, -0.15) is 0 Å². The van der Waals surface area contributed by atoms with Gasteiger partial charge in [-0.25, -0.2) is 0 Å². The molecule has 1 aromatic rings. The van der Waals surface area contributed by atoms with Crippen LogP contribution in [-0.4, -0.2) is 30.6 Å². The lowest BCUT2D eigenvalue weighted by molar-refractivity contribution is -0.140. The van der Waals surface area contributed by atoms with E-state index in [4.69, 9.17) is 9.84 Å². The Labute approximate surface area is 106 Å². The Bertz CT molecular complexity index is 414. The first-order valence-electron chi connectivity index (χ1n) is 5.74. The normalized spacial score (nSPS) is 11.7. The first kappa shape index (κ1) is 14.0. The fourth-order valence-electron chi connectivity index (χ4n) is 1.60. The van der Waals surface area contributed by atoms with E-state index in [0.29, 0.717) is 17.9 Å². The summed E-state index contributed by atoms with van der Waals surface area (Å²) in [5.74, 6) is -1.45. The predicted octanol–water partition coefficient (Wildman–Crippen LogP) is 1.39. The van der Waals surface area contributed by atoms with Gasteiger partial charge in [-0.05, 0) is 24.6 Å². The number of hydrogen-bond acceptors (Lipinski definition) is 3. The number of ether oxygens (including phenoxy) is 1. The Morgan fingerprint density at radius 2 is 1.94 bits per heavy atom. The number of carboxylic acids is 1. The number of carbonyl (C=O) groups is 2. The molecule has 5 nitrogen and oxygen atoms in total. The molecule has 0 heterocycles. The summed E-state index contributed by atoms with van der Waals surface area (Å²) in [5.41, 5.74) is 0.592. The van der Waals surface area contributed by atoms with Crippen molar-refractivity contribution >= 4 is 11.9 Å². The Morgan fingerprint density at radius 3 is 2.39 bits per heavy atom. The van der Waals surface area contributed by atoms with Crippen molar-refractivity contribution < 1.29 is 19.4 Å². The van der Waals surface area contributed by atoms with Gasteiger partial charge in [0.15, 0.2) is 0 Å². The van der Waals surface area contributed by atoms with Gasteiger partial charge >= 0.3 is 5.97 Å². The lowest BCUT2D eigenvalue weighted by atomic mass is 9.95. The molecule has 0 aliphatic heterocycles. The van der Waals surface area contributed by atoms with Crippen molar-refractivity contribution in [3.05, 3.63) is 29.8 Å². The molecule has 0 bridgehead atoms. The molecule has 5 heteroatoms. The highest BCUT2D eigenvalue weighted by Crippen LogP contribution is 2.22. The van der Waals surface area contributed by atoms with Crippen LogP contribution in [0.25, 0.3) is 0 Å². The van der Waals surface area contributed by atoms with Crippen LogP contribution >= 0.6 is 0 Å². The number of amides is 1. The second-order valence-corrected chi connectivity index (χ2v) is 3.77. The van der Waals surface area contributed by atoms with Crippen molar-refractivity contribution in [1.29, 1.82) is 0 Å². The maximum atomic E-state index is 11.3. The topological polar surface area (TPSA) is 75.6 Å². The maximum absolute atomic E-state index is 11.3. The first-order valence-corrected chi connectivity index (χ1v) is 5.74. The van der Waals surface area contributed by atoms with Crippen LogP contribution in [0.1, 0.15) is 24.8 Å². The smallest absolute Gasteiger partial charge is 0.311 e. The molecule has 0 aliphatic rings. The molecule has 98 valence electrons. The fraction of sp³-hybridized carbons (Fsp3) is 0.385. The predicted molar refractivity (Wildman–Crippen MR) is 66.7 cm³/mol. The quantitative estimate of drug-likeness (QED) is 0.801. The van der Waals surface area contributed by atoms with Crippen molar-refractivity contribution in [3.8, 4) is 5.75 Å². The third-order valence-corrected chi connectivity index (χ3v) is 2.56. The maximum Gasteiger partial charge on any atom is 0.311 e. The van der Waals surface area contributed by atoms with Gasteiger partial charge in [0.25, 0.3) is 0 Å². The molecular formula is C13H17NO4. The average molecular weight is 251 g/mol. The molecule has 0 radical (unpaired) electrons. The van der Waals surface area contributed by atoms with Gasteiger partial charge in [-0.3, -0.25) is 9.59 Å². The zero-order valence-electron chi connectivity index (χ0n) is 10.5. The Morgan fingerprint density at radius 1 is 1.33 bits per heavy atom. The van der Waals surface area contributed by atoms with E-state index < -0.39 is 11.9 Å². The van der Waals surface area contributed by atoms with Crippen molar-refractivity contribution in [2.45, 2.75) is 19.3 Å². The number of carbonyl (C=O) groups excluding carboxylic acids is 1. The van der Waals surface area contributed by atoms with E-state index in [2.05, 4.69) is 5.32 Å². The molecule has 1 amide bonds. The second-order valence-electron chi connectivity index (χ2n) is 3.77. The van der Waals surface area contributed by atoms with E-state index in [9.17, 15) is 9.59 Å². The summed E-state index contributed by atoms with van der Waals surface area (Å²) in [7, 11) is 1.49. The minimum absolute atomic E-state index is 0.0696. The molecule has 0 saturated carbocycles. The van der Waals surface area contributed by atoms with Gasteiger partial charge in [0.2, 0.25) is 5.91 Å². The minimum Gasteiger partial charge on any atom is -0.494 e. The van der Waals surface area contributed by atoms with Crippen LogP contribution in [0, 0.1) is 0 Å². The van der Waals surface area contributed by atoms with Gasteiger partial charge in [0.05, 0.1) is 12.5 Å². The van der Waals surface area contributed by atoms with E-state index >= 15 is 0 Å². The van der Waals surface area contributed by atoms with Crippen LogP contribution in [0.15, 0.2) is 24.3 Å². The third-order valence-electron chi connectivity index (χ3n) is 2.56. The number of hydrogen-bond donors (Lipinski definition) is 2. The van der Waals surface area contributed by atoms with Crippen LogP contribution in [0.2, 0.25) is 0 Å². The Kier molecular flexibility index (Phi) is 5.17. The van der Waals surface area contributed by atoms with E-state index in [-0.39, 0.29) is 12.3 Å². The van der Waals surface area contributed by atoms with Crippen LogP contribution in [-0.2, 0) is 9.59 Å². The first-order chi connectivity index (χ1) is 8.58. The number of benzene rings is 1. The Balaban J connectivity index is 2.85. The van der Waals surface area contributed by atoms with E-state index in [1.54, 1.807) is 24.3 Å².